The third kappa shape index (κ3) is 4.05. The summed E-state index contributed by atoms with van der Waals surface area (Å²) in [4.78, 5) is 28.4. The summed E-state index contributed by atoms with van der Waals surface area (Å²) in [6.45, 7) is 3.20. The van der Waals surface area contributed by atoms with Crippen molar-refractivity contribution in [2.45, 2.75) is 44.8 Å². The van der Waals surface area contributed by atoms with Crippen LogP contribution in [0, 0.1) is 0 Å². The van der Waals surface area contributed by atoms with Crippen molar-refractivity contribution in [1.29, 1.82) is 0 Å². The largest absolute Gasteiger partial charge is 0.416 e. The van der Waals surface area contributed by atoms with Crippen LogP contribution in [0.4, 0.5) is 13.2 Å². The lowest BCUT2D eigenvalue weighted by Gasteiger charge is -2.33. The summed E-state index contributed by atoms with van der Waals surface area (Å²) < 4.78 is 41.8. The van der Waals surface area contributed by atoms with Crippen molar-refractivity contribution >= 4 is 11.8 Å². The fourth-order valence-corrected chi connectivity index (χ4v) is 4.69. The minimum atomic E-state index is -4.39. The molecule has 166 valence electrons. The van der Waals surface area contributed by atoms with Gasteiger partial charge in [0.2, 0.25) is 5.91 Å². The van der Waals surface area contributed by atoms with Crippen molar-refractivity contribution in [1.82, 2.24) is 19.6 Å². The number of piperidine rings is 1. The summed E-state index contributed by atoms with van der Waals surface area (Å²) >= 11 is 0. The van der Waals surface area contributed by atoms with E-state index in [1.807, 2.05) is 0 Å². The number of nitrogens with zero attached hydrogens (tertiary/aromatic N) is 4. The number of carbonyl (C=O) groups excluding carboxylic acids is 2. The molecule has 0 unspecified atom stereocenters. The maximum atomic E-state index is 13.4. The summed E-state index contributed by atoms with van der Waals surface area (Å²) in [7, 11) is 1.79. The lowest BCUT2D eigenvalue weighted by atomic mass is 9.86. The number of fused-ring (bicyclic) bond motifs is 1. The monoisotopic (exact) mass is 434 g/mol. The molecule has 1 aromatic carbocycles. The van der Waals surface area contributed by atoms with Gasteiger partial charge in [0.05, 0.1) is 5.56 Å². The number of hydrogen-bond donors (Lipinski definition) is 0. The summed E-state index contributed by atoms with van der Waals surface area (Å²) in [6.07, 6.45) is -2.82. The molecular formula is C22H25F3N4O2. The number of aromatic nitrogens is 2. The lowest BCUT2D eigenvalue weighted by molar-refractivity contribution is -0.138. The van der Waals surface area contributed by atoms with Crippen LogP contribution >= 0.6 is 0 Å². The van der Waals surface area contributed by atoms with Crippen molar-refractivity contribution in [2.24, 2.45) is 7.05 Å². The Labute approximate surface area is 178 Å². The second-order valence-electron chi connectivity index (χ2n) is 8.24. The molecule has 1 aromatic heterocycles. The summed E-state index contributed by atoms with van der Waals surface area (Å²) in [6, 6.07) is 5.69. The van der Waals surface area contributed by atoms with E-state index in [1.165, 1.54) is 19.1 Å². The molecule has 6 nitrogen and oxygen atoms in total. The van der Waals surface area contributed by atoms with E-state index >= 15 is 0 Å². The molecule has 0 bridgehead atoms. The molecule has 4 rings (SSSR count). The van der Waals surface area contributed by atoms with Crippen LogP contribution in [-0.2, 0) is 31.0 Å². The predicted molar refractivity (Wildman–Crippen MR) is 107 cm³/mol. The average Bonchev–Trinajstić information content (AvgIpc) is 3.08. The van der Waals surface area contributed by atoms with Gasteiger partial charge in [0.25, 0.3) is 5.91 Å². The van der Waals surface area contributed by atoms with Gasteiger partial charge in [0.15, 0.2) is 5.69 Å². The number of hydrogen-bond acceptors (Lipinski definition) is 3. The van der Waals surface area contributed by atoms with Crippen LogP contribution in [0.15, 0.2) is 24.3 Å². The normalized spacial score (nSPS) is 17.6. The summed E-state index contributed by atoms with van der Waals surface area (Å²) in [5.41, 5.74) is 1.78. The highest BCUT2D eigenvalue weighted by Gasteiger charge is 2.37. The molecule has 1 fully saturated rings. The maximum absolute atomic E-state index is 13.4. The van der Waals surface area contributed by atoms with E-state index in [0.717, 1.165) is 17.3 Å². The van der Waals surface area contributed by atoms with Crippen LogP contribution in [0.2, 0.25) is 0 Å². The Morgan fingerprint density at radius 3 is 2.39 bits per heavy atom. The van der Waals surface area contributed by atoms with Crippen molar-refractivity contribution in [2.75, 3.05) is 19.6 Å². The SMILES string of the molecule is CC(=O)N1CCc2c(c(C(=O)N3CCC(c4ccccc4C(F)(F)F)CC3)nn2C)C1. The van der Waals surface area contributed by atoms with Crippen LogP contribution < -0.4 is 0 Å². The first kappa shape index (κ1) is 21.4. The molecule has 2 amide bonds. The van der Waals surface area contributed by atoms with Gasteiger partial charge in [-0.05, 0) is 30.4 Å². The van der Waals surface area contributed by atoms with E-state index in [1.54, 1.807) is 27.6 Å². The first-order valence-corrected chi connectivity index (χ1v) is 10.4. The zero-order valence-electron chi connectivity index (χ0n) is 17.6. The molecule has 2 aliphatic rings. The molecule has 0 N–H and O–H groups in total. The van der Waals surface area contributed by atoms with Crippen LogP contribution in [0.5, 0.6) is 0 Å². The van der Waals surface area contributed by atoms with Crippen LogP contribution in [-0.4, -0.2) is 51.0 Å². The Hall–Kier alpha value is -2.84. The Bertz CT molecular complexity index is 1010. The topological polar surface area (TPSA) is 58.4 Å². The van der Waals surface area contributed by atoms with E-state index in [-0.39, 0.29) is 17.7 Å². The molecular weight excluding hydrogens is 409 g/mol. The van der Waals surface area contributed by atoms with Crippen LogP contribution in [0.1, 0.15) is 58.6 Å². The number of rotatable bonds is 2. The van der Waals surface area contributed by atoms with Gasteiger partial charge in [0.1, 0.15) is 0 Å². The predicted octanol–water partition coefficient (Wildman–Crippen LogP) is 3.36. The first-order chi connectivity index (χ1) is 14.7. The Morgan fingerprint density at radius 2 is 1.74 bits per heavy atom. The van der Waals surface area contributed by atoms with E-state index in [0.29, 0.717) is 56.7 Å². The van der Waals surface area contributed by atoms with Gasteiger partial charge in [-0.1, -0.05) is 18.2 Å². The highest BCUT2D eigenvalue weighted by Crippen LogP contribution is 2.39. The number of alkyl halides is 3. The Morgan fingerprint density at radius 1 is 1.06 bits per heavy atom. The number of likely N-dealkylation sites (tertiary alicyclic amines) is 1. The van der Waals surface area contributed by atoms with Gasteiger partial charge in [0, 0.05) is 57.8 Å². The minimum Gasteiger partial charge on any atom is -0.338 e. The van der Waals surface area contributed by atoms with E-state index < -0.39 is 11.7 Å². The van der Waals surface area contributed by atoms with Crippen LogP contribution in [0.3, 0.4) is 0 Å². The van der Waals surface area contributed by atoms with Crippen molar-refractivity contribution in [3.05, 3.63) is 52.3 Å². The molecule has 0 saturated carbocycles. The molecule has 0 radical (unpaired) electrons. The van der Waals surface area contributed by atoms with E-state index in [9.17, 15) is 22.8 Å². The number of aryl methyl sites for hydroxylation is 1. The molecule has 9 heteroatoms. The van der Waals surface area contributed by atoms with Gasteiger partial charge in [-0.25, -0.2) is 0 Å². The van der Waals surface area contributed by atoms with E-state index in [2.05, 4.69) is 5.10 Å². The van der Waals surface area contributed by atoms with Gasteiger partial charge in [-0.15, -0.1) is 0 Å². The van der Waals surface area contributed by atoms with Crippen molar-refractivity contribution < 1.29 is 22.8 Å². The zero-order chi connectivity index (χ0) is 22.3. The molecule has 0 aliphatic carbocycles. The third-order valence-electron chi connectivity index (χ3n) is 6.38. The van der Waals surface area contributed by atoms with Crippen molar-refractivity contribution in [3.63, 3.8) is 0 Å². The zero-order valence-corrected chi connectivity index (χ0v) is 17.6. The standard InChI is InChI=1S/C22H25F3N4O2/c1-14(30)29-12-9-19-17(13-29)20(26-27(19)2)21(31)28-10-7-15(8-11-28)16-5-3-4-6-18(16)22(23,24)25/h3-6,15H,7-13H2,1-2H3. The smallest absolute Gasteiger partial charge is 0.338 e. The molecule has 2 aliphatic heterocycles. The number of amides is 2. The fraction of sp³-hybridized carbons (Fsp3) is 0.500. The van der Waals surface area contributed by atoms with Gasteiger partial charge in [-0.3, -0.25) is 14.3 Å². The number of benzene rings is 1. The van der Waals surface area contributed by atoms with Gasteiger partial charge >= 0.3 is 6.18 Å². The van der Waals surface area contributed by atoms with Crippen molar-refractivity contribution in [3.8, 4) is 0 Å². The highest BCUT2D eigenvalue weighted by atomic mass is 19.4. The van der Waals surface area contributed by atoms with Crippen LogP contribution in [0.25, 0.3) is 0 Å². The fourth-order valence-electron chi connectivity index (χ4n) is 4.69. The quantitative estimate of drug-likeness (QED) is 0.728. The molecule has 2 aromatic rings. The lowest BCUT2D eigenvalue weighted by Crippen LogP contribution is -2.40. The van der Waals surface area contributed by atoms with E-state index in [4.69, 9.17) is 0 Å². The Balaban J connectivity index is 1.50. The summed E-state index contributed by atoms with van der Waals surface area (Å²) in [5.74, 6) is -0.505. The minimum absolute atomic E-state index is 0.0444. The molecule has 1 saturated heterocycles. The first-order valence-electron chi connectivity index (χ1n) is 10.4. The molecule has 3 heterocycles. The third-order valence-corrected chi connectivity index (χ3v) is 6.38. The van der Waals surface area contributed by atoms with Gasteiger partial charge < -0.3 is 9.80 Å². The number of carbonyl (C=O) groups is 2. The molecule has 0 spiro atoms. The second-order valence-corrected chi connectivity index (χ2v) is 8.24. The number of halogens is 3. The highest BCUT2D eigenvalue weighted by molar-refractivity contribution is 5.94. The summed E-state index contributed by atoms with van der Waals surface area (Å²) in [5, 5.41) is 4.42. The average molecular weight is 434 g/mol. The molecule has 31 heavy (non-hydrogen) atoms. The van der Waals surface area contributed by atoms with Gasteiger partial charge in [-0.2, -0.15) is 18.3 Å². The maximum Gasteiger partial charge on any atom is 0.416 e. The molecule has 0 atom stereocenters. The second kappa shape index (κ2) is 8.01. The Kier molecular flexibility index (Phi) is 5.53.